The fourth-order valence-corrected chi connectivity index (χ4v) is 2.90. The summed E-state index contributed by atoms with van der Waals surface area (Å²) >= 11 is 0. The van der Waals surface area contributed by atoms with Gasteiger partial charge in [0.1, 0.15) is 5.82 Å². The summed E-state index contributed by atoms with van der Waals surface area (Å²) in [4.78, 5) is 20.8. The molecular formula is C18H25N5O2. The lowest BCUT2D eigenvalue weighted by Gasteiger charge is -2.21. The van der Waals surface area contributed by atoms with Crippen molar-refractivity contribution in [1.29, 1.82) is 0 Å². The molecule has 7 nitrogen and oxygen atoms in total. The van der Waals surface area contributed by atoms with Crippen LogP contribution in [-0.2, 0) is 9.53 Å². The lowest BCUT2D eigenvalue weighted by atomic mass is 9.97. The first-order chi connectivity index (χ1) is 12.1. The van der Waals surface area contributed by atoms with Crippen LogP contribution in [0.15, 0.2) is 24.5 Å². The second-order valence-electron chi connectivity index (χ2n) is 6.74. The number of ether oxygens (including phenoxy) is 1. The molecule has 2 aromatic rings. The summed E-state index contributed by atoms with van der Waals surface area (Å²) < 4.78 is 7.07. The van der Waals surface area contributed by atoms with Gasteiger partial charge in [0.25, 0.3) is 5.95 Å². The Hall–Kier alpha value is -2.28. The third-order valence-corrected chi connectivity index (χ3v) is 4.36. The Kier molecular flexibility index (Phi) is 5.75. The normalized spacial score (nSPS) is 17.6. The van der Waals surface area contributed by atoms with Crippen LogP contribution in [0.2, 0.25) is 0 Å². The van der Waals surface area contributed by atoms with E-state index in [0.29, 0.717) is 24.1 Å². The lowest BCUT2D eigenvalue weighted by Crippen LogP contribution is -2.21. The summed E-state index contributed by atoms with van der Waals surface area (Å²) in [5, 5.41) is 7.50. The Morgan fingerprint density at radius 1 is 1.40 bits per heavy atom. The number of nitrogens with one attached hydrogen (secondary N) is 1. The van der Waals surface area contributed by atoms with Gasteiger partial charge in [-0.1, -0.05) is 13.8 Å². The number of aromatic nitrogens is 4. The van der Waals surface area contributed by atoms with Crippen LogP contribution in [0.5, 0.6) is 0 Å². The molecule has 0 saturated carbocycles. The SMILES string of the molecule is CC(C)c1cc(NC(=O)CCC2CCCOC2)n(-c2ncccn2)n1. The number of amides is 1. The van der Waals surface area contributed by atoms with E-state index in [4.69, 9.17) is 4.74 Å². The maximum atomic E-state index is 12.4. The van der Waals surface area contributed by atoms with E-state index in [0.717, 1.165) is 38.2 Å². The van der Waals surface area contributed by atoms with E-state index in [-0.39, 0.29) is 11.8 Å². The first-order valence-corrected chi connectivity index (χ1v) is 8.88. The Morgan fingerprint density at radius 2 is 2.20 bits per heavy atom. The highest BCUT2D eigenvalue weighted by Gasteiger charge is 2.18. The average Bonchev–Trinajstić information content (AvgIpc) is 3.06. The van der Waals surface area contributed by atoms with Crippen LogP contribution in [0.25, 0.3) is 5.95 Å². The molecule has 1 unspecified atom stereocenters. The van der Waals surface area contributed by atoms with Crippen molar-refractivity contribution in [2.75, 3.05) is 18.5 Å². The van der Waals surface area contributed by atoms with Crippen LogP contribution in [0.3, 0.4) is 0 Å². The molecule has 1 N–H and O–H groups in total. The van der Waals surface area contributed by atoms with Crippen molar-refractivity contribution in [3.63, 3.8) is 0 Å². The van der Waals surface area contributed by atoms with Crippen molar-refractivity contribution in [3.05, 3.63) is 30.2 Å². The molecule has 0 spiro atoms. The Balaban J connectivity index is 1.69. The number of hydrogen-bond acceptors (Lipinski definition) is 5. The fraction of sp³-hybridized carbons (Fsp3) is 0.556. The summed E-state index contributed by atoms with van der Waals surface area (Å²) in [5.41, 5.74) is 0.892. The van der Waals surface area contributed by atoms with Gasteiger partial charge < -0.3 is 10.1 Å². The van der Waals surface area contributed by atoms with E-state index in [1.54, 1.807) is 23.1 Å². The number of hydrogen-bond donors (Lipinski definition) is 1. The first kappa shape index (κ1) is 17.5. The maximum Gasteiger partial charge on any atom is 0.252 e. The molecule has 1 aliphatic heterocycles. The maximum absolute atomic E-state index is 12.4. The summed E-state index contributed by atoms with van der Waals surface area (Å²) in [6.45, 7) is 5.73. The van der Waals surface area contributed by atoms with Gasteiger partial charge in [-0.15, -0.1) is 0 Å². The smallest absolute Gasteiger partial charge is 0.252 e. The van der Waals surface area contributed by atoms with Gasteiger partial charge in [-0.3, -0.25) is 4.79 Å². The van der Waals surface area contributed by atoms with Crippen LogP contribution >= 0.6 is 0 Å². The molecule has 1 atom stereocenters. The standard InChI is InChI=1S/C18H25N5O2/c1-13(2)15-11-16(23(22-15)18-19-8-4-9-20-18)21-17(24)7-6-14-5-3-10-25-12-14/h4,8-9,11,13-14H,3,5-7,10,12H2,1-2H3,(H,21,24). The molecule has 1 saturated heterocycles. The van der Waals surface area contributed by atoms with Crippen molar-refractivity contribution in [1.82, 2.24) is 19.7 Å². The van der Waals surface area contributed by atoms with Gasteiger partial charge in [-0.25, -0.2) is 9.97 Å². The molecule has 0 aliphatic carbocycles. The quantitative estimate of drug-likeness (QED) is 0.872. The largest absolute Gasteiger partial charge is 0.381 e. The molecule has 25 heavy (non-hydrogen) atoms. The van der Waals surface area contributed by atoms with E-state index in [2.05, 4.69) is 34.2 Å². The highest BCUT2D eigenvalue weighted by atomic mass is 16.5. The molecule has 1 aliphatic rings. The number of carbonyl (C=O) groups is 1. The van der Waals surface area contributed by atoms with Crippen molar-refractivity contribution in [3.8, 4) is 5.95 Å². The van der Waals surface area contributed by atoms with Crippen molar-refractivity contribution in [2.45, 2.75) is 45.4 Å². The van der Waals surface area contributed by atoms with Crippen LogP contribution in [0, 0.1) is 5.92 Å². The third-order valence-electron chi connectivity index (χ3n) is 4.36. The fourth-order valence-electron chi connectivity index (χ4n) is 2.90. The molecule has 2 aromatic heterocycles. The number of nitrogens with zero attached hydrogens (tertiary/aromatic N) is 4. The summed E-state index contributed by atoms with van der Waals surface area (Å²) in [7, 11) is 0. The van der Waals surface area contributed by atoms with Crippen LogP contribution in [-0.4, -0.2) is 38.9 Å². The minimum atomic E-state index is -0.0158. The zero-order valence-electron chi connectivity index (χ0n) is 14.8. The van der Waals surface area contributed by atoms with Gasteiger partial charge >= 0.3 is 0 Å². The highest BCUT2D eigenvalue weighted by Crippen LogP contribution is 2.22. The van der Waals surface area contributed by atoms with E-state index < -0.39 is 0 Å². The van der Waals surface area contributed by atoms with Crippen LogP contribution in [0.1, 0.15) is 51.1 Å². The van der Waals surface area contributed by atoms with Gasteiger partial charge in [0.05, 0.1) is 5.69 Å². The molecular weight excluding hydrogens is 318 g/mol. The highest BCUT2D eigenvalue weighted by molar-refractivity contribution is 5.90. The van der Waals surface area contributed by atoms with Crippen LogP contribution < -0.4 is 5.32 Å². The topological polar surface area (TPSA) is 81.9 Å². The molecule has 1 fully saturated rings. The van der Waals surface area contributed by atoms with Crippen molar-refractivity contribution >= 4 is 11.7 Å². The van der Waals surface area contributed by atoms with Gasteiger partial charge in [0, 0.05) is 38.1 Å². The van der Waals surface area contributed by atoms with E-state index in [9.17, 15) is 4.79 Å². The molecule has 1 amide bonds. The Bertz CT molecular complexity index is 693. The summed E-state index contributed by atoms with van der Waals surface area (Å²) in [6.07, 6.45) is 6.87. The molecule has 3 rings (SSSR count). The van der Waals surface area contributed by atoms with Gasteiger partial charge in [-0.2, -0.15) is 9.78 Å². The third kappa shape index (κ3) is 4.63. The van der Waals surface area contributed by atoms with E-state index in [1.165, 1.54) is 0 Å². The number of rotatable bonds is 6. The molecule has 7 heteroatoms. The van der Waals surface area contributed by atoms with Gasteiger partial charge in [0.15, 0.2) is 0 Å². The van der Waals surface area contributed by atoms with Gasteiger partial charge in [-0.05, 0) is 37.2 Å². The number of anilines is 1. The minimum absolute atomic E-state index is 0.0158. The Labute approximate surface area is 147 Å². The van der Waals surface area contributed by atoms with Crippen molar-refractivity contribution in [2.24, 2.45) is 5.92 Å². The first-order valence-electron chi connectivity index (χ1n) is 8.88. The molecule has 3 heterocycles. The molecule has 0 bridgehead atoms. The molecule has 0 radical (unpaired) electrons. The molecule has 134 valence electrons. The van der Waals surface area contributed by atoms with Gasteiger partial charge in [0.2, 0.25) is 5.91 Å². The van der Waals surface area contributed by atoms with E-state index >= 15 is 0 Å². The number of carbonyl (C=O) groups excluding carboxylic acids is 1. The average molecular weight is 343 g/mol. The monoisotopic (exact) mass is 343 g/mol. The predicted octanol–water partition coefficient (Wildman–Crippen LogP) is 2.93. The second-order valence-corrected chi connectivity index (χ2v) is 6.74. The zero-order valence-corrected chi connectivity index (χ0v) is 14.8. The summed E-state index contributed by atoms with van der Waals surface area (Å²) in [5.74, 6) is 1.77. The van der Waals surface area contributed by atoms with E-state index in [1.807, 2.05) is 6.07 Å². The predicted molar refractivity (Wildman–Crippen MR) is 94.6 cm³/mol. The minimum Gasteiger partial charge on any atom is -0.381 e. The van der Waals surface area contributed by atoms with Crippen LogP contribution in [0.4, 0.5) is 5.82 Å². The second kappa shape index (κ2) is 8.20. The Morgan fingerprint density at radius 3 is 2.88 bits per heavy atom. The summed E-state index contributed by atoms with van der Waals surface area (Å²) in [6, 6.07) is 3.64. The van der Waals surface area contributed by atoms with Crippen molar-refractivity contribution < 1.29 is 9.53 Å². The molecule has 0 aromatic carbocycles. The lowest BCUT2D eigenvalue weighted by molar-refractivity contribution is -0.116. The zero-order chi connectivity index (χ0) is 17.6.